The summed E-state index contributed by atoms with van der Waals surface area (Å²) in [5.41, 5.74) is 0.0412. The molecule has 0 heterocycles. The van der Waals surface area contributed by atoms with Gasteiger partial charge in [-0.05, 0) is 18.2 Å². The molecule has 102 valence electrons. The third-order valence-corrected chi connectivity index (χ3v) is 2.37. The number of hydrogen-bond donors (Lipinski definition) is 3. The number of rotatable bonds is 6. The molecule has 0 saturated heterocycles. The SMILES string of the molecule is O=C(O)CC(CNC(=O)c1cccc(F)c1)C(=O)O. The molecule has 7 heteroatoms. The van der Waals surface area contributed by atoms with E-state index in [0.29, 0.717) is 0 Å². The lowest BCUT2D eigenvalue weighted by atomic mass is 10.1. The Hall–Kier alpha value is -2.44. The molecular formula is C12H12FNO5. The van der Waals surface area contributed by atoms with Gasteiger partial charge in [0.2, 0.25) is 0 Å². The standard InChI is InChI=1S/C12H12FNO5/c13-9-3-1-2-7(4-9)11(17)14-6-8(12(18)19)5-10(15)16/h1-4,8H,5-6H2,(H,14,17)(H,15,16)(H,18,19). The van der Waals surface area contributed by atoms with E-state index in [1.54, 1.807) is 0 Å². The maximum Gasteiger partial charge on any atom is 0.308 e. The summed E-state index contributed by atoms with van der Waals surface area (Å²) in [7, 11) is 0. The normalized spacial score (nSPS) is 11.6. The van der Waals surface area contributed by atoms with Crippen molar-refractivity contribution < 1.29 is 29.0 Å². The molecule has 1 rings (SSSR count). The second kappa shape index (κ2) is 6.48. The zero-order valence-electron chi connectivity index (χ0n) is 9.80. The number of halogens is 1. The molecule has 1 aromatic rings. The minimum atomic E-state index is -1.32. The highest BCUT2D eigenvalue weighted by molar-refractivity contribution is 5.94. The molecule has 0 aliphatic heterocycles. The van der Waals surface area contributed by atoms with Crippen molar-refractivity contribution in [2.75, 3.05) is 6.54 Å². The zero-order chi connectivity index (χ0) is 14.4. The molecule has 0 bridgehead atoms. The lowest BCUT2D eigenvalue weighted by molar-refractivity contribution is -0.148. The van der Waals surface area contributed by atoms with Crippen molar-refractivity contribution in [3.05, 3.63) is 35.6 Å². The van der Waals surface area contributed by atoms with Gasteiger partial charge < -0.3 is 15.5 Å². The van der Waals surface area contributed by atoms with E-state index in [2.05, 4.69) is 5.32 Å². The van der Waals surface area contributed by atoms with Gasteiger partial charge in [0.05, 0.1) is 12.3 Å². The number of carbonyl (C=O) groups excluding carboxylic acids is 1. The summed E-state index contributed by atoms with van der Waals surface area (Å²) >= 11 is 0. The number of carboxylic acids is 2. The Bertz CT molecular complexity index is 503. The van der Waals surface area contributed by atoms with E-state index in [1.165, 1.54) is 18.2 Å². The quantitative estimate of drug-likeness (QED) is 0.706. The Kier molecular flexibility index (Phi) is 4.99. The molecule has 0 spiro atoms. The Morgan fingerprint density at radius 2 is 1.95 bits per heavy atom. The Balaban J connectivity index is 2.61. The highest BCUT2D eigenvalue weighted by Crippen LogP contribution is 2.05. The van der Waals surface area contributed by atoms with Crippen LogP contribution in [0.15, 0.2) is 24.3 Å². The summed E-state index contributed by atoms with van der Waals surface area (Å²) in [6.45, 7) is -0.336. The van der Waals surface area contributed by atoms with E-state index in [4.69, 9.17) is 10.2 Å². The highest BCUT2D eigenvalue weighted by atomic mass is 19.1. The lowest BCUT2D eigenvalue weighted by Gasteiger charge is -2.11. The van der Waals surface area contributed by atoms with Crippen LogP contribution in [0.4, 0.5) is 4.39 Å². The van der Waals surface area contributed by atoms with Crippen molar-refractivity contribution >= 4 is 17.8 Å². The lowest BCUT2D eigenvalue weighted by Crippen LogP contribution is -2.34. The van der Waals surface area contributed by atoms with Crippen LogP contribution in [0.25, 0.3) is 0 Å². The Morgan fingerprint density at radius 1 is 1.26 bits per heavy atom. The molecule has 0 aromatic heterocycles. The fourth-order valence-corrected chi connectivity index (χ4v) is 1.41. The fourth-order valence-electron chi connectivity index (χ4n) is 1.41. The van der Waals surface area contributed by atoms with E-state index < -0.39 is 36.0 Å². The number of benzene rings is 1. The first kappa shape index (κ1) is 14.6. The molecule has 1 atom stereocenters. The molecule has 3 N–H and O–H groups in total. The van der Waals surface area contributed by atoms with Crippen LogP contribution in [-0.2, 0) is 9.59 Å². The van der Waals surface area contributed by atoms with Crippen LogP contribution in [0.3, 0.4) is 0 Å². The first-order valence-corrected chi connectivity index (χ1v) is 5.38. The monoisotopic (exact) mass is 269 g/mol. The number of nitrogens with one attached hydrogen (secondary N) is 1. The molecular weight excluding hydrogens is 257 g/mol. The zero-order valence-corrected chi connectivity index (χ0v) is 9.80. The third-order valence-electron chi connectivity index (χ3n) is 2.37. The maximum atomic E-state index is 12.9. The largest absolute Gasteiger partial charge is 0.481 e. The second-order valence-corrected chi connectivity index (χ2v) is 3.85. The van der Waals surface area contributed by atoms with Crippen molar-refractivity contribution in [2.45, 2.75) is 6.42 Å². The van der Waals surface area contributed by atoms with E-state index in [-0.39, 0.29) is 12.1 Å². The first-order valence-electron chi connectivity index (χ1n) is 5.38. The van der Waals surface area contributed by atoms with E-state index >= 15 is 0 Å². The maximum absolute atomic E-state index is 12.9. The molecule has 0 radical (unpaired) electrons. The molecule has 0 fully saturated rings. The van der Waals surface area contributed by atoms with Crippen LogP contribution in [0.5, 0.6) is 0 Å². The number of aliphatic carboxylic acids is 2. The summed E-state index contributed by atoms with van der Waals surface area (Å²) in [6, 6.07) is 4.88. The minimum absolute atomic E-state index is 0.0412. The number of carbonyl (C=O) groups is 3. The first-order chi connectivity index (χ1) is 8.90. The van der Waals surface area contributed by atoms with Gasteiger partial charge in [-0.25, -0.2) is 4.39 Å². The smallest absolute Gasteiger partial charge is 0.308 e. The van der Waals surface area contributed by atoms with Crippen LogP contribution in [0.1, 0.15) is 16.8 Å². The number of carboxylic acid groups (broad SMARTS) is 2. The molecule has 1 aromatic carbocycles. The van der Waals surface area contributed by atoms with Gasteiger partial charge in [0.15, 0.2) is 0 Å². The summed E-state index contributed by atoms with van der Waals surface area (Å²) in [5, 5.41) is 19.6. The van der Waals surface area contributed by atoms with Crippen molar-refractivity contribution in [3.63, 3.8) is 0 Å². The predicted molar refractivity (Wildman–Crippen MR) is 62.1 cm³/mol. The number of hydrogen-bond acceptors (Lipinski definition) is 3. The van der Waals surface area contributed by atoms with E-state index in [9.17, 15) is 18.8 Å². The van der Waals surface area contributed by atoms with Crippen molar-refractivity contribution in [3.8, 4) is 0 Å². The van der Waals surface area contributed by atoms with Crippen LogP contribution in [-0.4, -0.2) is 34.6 Å². The summed E-state index contributed by atoms with van der Waals surface area (Å²) in [4.78, 5) is 32.8. The second-order valence-electron chi connectivity index (χ2n) is 3.85. The summed E-state index contributed by atoms with van der Waals surface area (Å²) in [5.74, 6) is -5.06. The molecule has 0 aliphatic carbocycles. The molecule has 0 saturated carbocycles. The van der Waals surface area contributed by atoms with Gasteiger partial charge in [-0.2, -0.15) is 0 Å². The van der Waals surface area contributed by atoms with Gasteiger partial charge in [-0.3, -0.25) is 14.4 Å². The van der Waals surface area contributed by atoms with Gasteiger partial charge in [0, 0.05) is 12.1 Å². The van der Waals surface area contributed by atoms with Gasteiger partial charge in [0.1, 0.15) is 5.82 Å². The fraction of sp³-hybridized carbons (Fsp3) is 0.250. The van der Waals surface area contributed by atoms with Crippen LogP contribution in [0, 0.1) is 11.7 Å². The van der Waals surface area contributed by atoms with Crippen LogP contribution >= 0.6 is 0 Å². The van der Waals surface area contributed by atoms with E-state index in [0.717, 1.165) is 6.07 Å². The average molecular weight is 269 g/mol. The Morgan fingerprint density at radius 3 is 2.47 bits per heavy atom. The van der Waals surface area contributed by atoms with Gasteiger partial charge in [0.25, 0.3) is 5.91 Å². The predicted octanol–water partition coefficient (Wildman–Crippen LogP) is 0.731. The van der Waals surface area contributed by atoms with Crippen LogP contribution < -0.4 is 5.32 Å². The van der Waals surface area contributed by atoms with Crippen molar-refractivity contribution in [2.24, 2.45) is 5.92 Å². The highest BCUT2D eigenvalue weighted by Gasteiger charge is 2.21. The number of amides is 1. The molecule has 0 aliphatic rings. The van der Waals surface area contributed by atoms with Crippen molar-refractivity contribution in [1.82, 2.24) is 5.32 Å². The molecule has 19 heavy (non-hydrogen) atoms. The molecule has 6 nitrogen and oxygen atoms in total. The third kappa shape index (κ3) is 4.74. The van der Waals surface area contributed by atoms with Gasteiger partial charge in [-0.15, -0.1) is 0 Å². The molecule has 1 unspecified atom stereocenters. The van der Waals surface area contributed by atoms with Crippen molar-refractivity contribution in [1.29, 1.82) is 0 Å². The van der Waals surface area contributed by atoms with Gasteiger partial charge >= 0.3 is 11.9 Å². The summed E-state index contributed by atoms with van der Waals surface area (Å²) < 4.78 is 12.9. The molecule has 1 amide bonds. The topological polar surface area (TPSA) is 104 Å². The average Bonchev–Trinajstić information content (AvgIpc) is 2.33. The van der Waals surface area contributed by atoms with Gasteiger partial charge in [-0.1, -0.05) is 6.07 Å². The van der Waals surface area contributed by atoms with E-state index in [1.807, 2.05) is 0 Å². The Labute approximate surface area is 107 Å². The minimum Gasteiger partial charge on any atom is -0.481 e. The summed E-state index contributed by atoms with van der Waals surface area (Å²) in [6.07, 6.45) is -0.598. The van der Waals surface area contributed by atoms with Crippen LogP contribution in [0.2, 0.25) is 0 Å².